The summed E-state index contributed by atoms with van der Waals surface area (Å²) in [4.78, 5) is 23.0. The summed E-state index contributed by atoms with van der Waals surface area (Å²) in [6.45, 7) is 0. The summed E-state index contributed by atoms with van der Waals surface area (Å²) in [5.41, 5.74) is 5.04. The Bertz CT molecular complexity index is 1830. The van der Waals surface area contributed by atoms with Crippen molar-refractivity contribution in [3.63, 3.8) is 0 Å². The second kappa shape index (κ2) is 5.06. The van der Waals surface area contributed by atoms with Gasteiger partial charge in [-0.1, -0.05) is 36.4 Å². The van der Waals surface area contributed by atoms with Gasteiger partial charge in [-0.3, -0.25) is 4.79 Å². The summed E-state index contributed by atoms with van der Waals surface area (Å²) >= 11 is 0. The van der Waals surface area contributed by atoms with Crippen LogP contribution in [0.3, 0.4) is 0 Å². The molecule has 0 atom stereocenters. The number of pyridine rings is 1. The number of rotatable bonds is 0. The zero-order valence-electron chi connectivity index (χ0n) is 15.3. The van der Waals surface area contributed by atoms with Crippen LogP contribution in [0.2, 0.25) is 0 Å². The van der Waals surface area contributed by atoms with Gasteiger partial charge < -0.3 is 15.0 Å². The number of fused-ring (bicyclic) bond motifs is 10. The largest absolute Gasteiger partial charge is 0.354 e. The highest BCUT2D eigenvalue weighted by Crippen LogP contribution is 2.37. The molecule has 0 aliphatic rings. The number of aromatic amines is 3. The fourth-order valence-electron chi connectivity index (χ4n) is 4.81. The molecule has 3 heterocycles. The van der Waals surface area contributed by atoms with Crippen molar-refractivity contribution < 1.29 is 0 Å². The second-order valence-corrected chi connectivity index (χ2v) is 7.65. The van der Waals surface area contributed by atoms with Gasteiger partial charge in [0.1, 0.15) is 0 Å². The van der Waals surface area contributed by atoms with Gasteiger partial charge in [0, 0.05) is 59.8 Å². The Morgan fingerprint density at radius 2 is 1.14 bits per heavy atom. The molecule has 136 valence electrons. The molecule has 0 bridgehead atoms. The third-order valence-corrected chi connectivity index (χ3v) is 6.08. The van der Waals surface area contributed by atoms with Gasteiger partial charge in [-0.2, -0.15) is 0 Å². The topological polar surface area (TPSA) is 64.4 Å². The van der Waals surface area contributed by atoms with E-state index in [0.717, 1.165) is 49.1 Å². The molecule has 0 amide bonds. The number of para-hydroxylation sites is 2. The Morgan fingerprint density at radius 3 is 2.00 bits per heavy atom. The summed E-state index contributed by atoms with van der Waals surface area (Å²) in [5, 5.41) is 7.38. The lowest BCUT2D eigenvalue weighted by atomic mass is 9.99. The van der Waals surface area contributed by atoms with Gasteiger partial charge in [-0.05, 0) is 36.4 Å². The summed E-state index contributed by atoms with van der Waals surface area (Å²) in [6.07, 6.45) is 0. The van der Waals surface area contributed by atoms with Crippen molar-refractivity contribution in [3.8, 4) is 0 Å². The van der Waals surface area contributed by atoms with Crippen LogP contribution in [0.25, 0.3) is 65.3 Å². The molecule has 29 heavy (non-hydrogen) atoms. The van der Waals surface area contributed by atoms with Crippen molar-refractivity contribution in [2.45, 2.75) is 0 Å². The van der Waals surface area contributed by atoms with Gasteiger partial charge in [0.25, 0.3) is 5.56 Å². The minimum atomic E-state index is -0.0601. The molecule has 7 aromatic rings. The lowest BCUT2D eigenvalue weighted by Crippen LogP contribution is -2.06. The van der Waals surface area contributed by atoms with Gasteiger partial charge in [0.15, 0.2) is 0 Å². The normalized spacial score (nSPS) is 12.3. The monoisotopic (exact) mass is 373 g/mol. The molecule has 4 aromatic carbocycles. The van der Waals surface area contributed by atoms with E-state index in [4.69, 9.17) is 0 Å². The first kappa shape index (κ1) is 14.9. The first-order valence-electron chi connectivity index (χ1n) is 9.67. The number of H-pyrrole nitrogens is 3. The highest BCUT2D eigenvalue weighted by molar-refractivity contribution is 6.28. The molecule has 4 heteroatoms. The van der Waals surface area contributed by atoms with E-state index in [0.29, 0.717) is 5.39 Å². The minimum Gasteiger partial charge on any atom is -0.354 e. The van der Waals surface area contributed by atoms with E-state index in [2.05, 4.69) is 57.4 Å². The van der Waals surface area contributed by atoms with E-state index in [9.17, 15) is 4.79 Å². The maximum atomic E-state index is 12.9. The molecule has 0 fully saturated rings. The third-order valence-electron chi connectivity index (χ3n) is 6.08. The second-order valence-electron chi connectivity index (χ2n) is 7.65. The summed E-state index contributed by atoms with van der Waals surface area (Å²) in [7, 11) is 0. The number of aromatic nitrogens is 3. The Balaban J connectivity index is 1.82. The molecule has 3 N–H and O–H groups in total. The van der Waals surface area contributed by atoms with E-state index in [1.165, 1.54) is 10.8 Å². The molecule has 0 saturated heterocycles. The van der Waals surface area contributed by atoms with Gasteiger partial charge in [0.2, 0.25) is 0 Å². The van der Waals surface area contributed by atoms with Crippen molar-refractivity contribution in [3.05, 3.63) is 83.2 Å². The van der Waals surface area contributed by atoms with E-state index in [1.807, 2.05) is 30.3 Å². The van der Waals surface area contributed by atoms with Crippen LogP contribution in [0.5, 0.6) is 0 Å². The van der Waals surface area contributed by atoms with Crippen LogP contribution >= 0.6 is 0 Å². The fraction of sp³-hybridized carbons (Fsp3) is 0. The van der Waals surface area contributed by atoms with Crippen molar-refractivity contribution >= 4 is 65.3 Å². The fourth-order valence-corrected chi connectivity index (χ4v) is 4.81. The molecule has 4 nitrogen and oxygen atoms in total. The Morgan fingerprint density at radius 1 is 0.448 bits per heavy atom. The SMILES string of the molecule is O=c1[nH]c2cc3[nH]c4ccccc4c3cc2c2c1ccc1[nH]c3ccccc3c12. The lowest BCUT2D eigenvalue weighted by Gasteiger charge is -2.07. The third kappa shape index (κ3) is 1.85. The first-order valence-corrected chi connectivity index (χ1v) is 9.67. The molecular formula is C25H15N3O. The van der Waals surface area contributed by atoms with Crippen LogP contribution < -0.4 is 5.56 Å². The molecule has 0 spiro atoms. The van der Waals surface area contributed by atoms with Gasteiger partial charge >= 0.3 is 0 Å². The van der Waals surface area contributed by atoms with Gasteiger partial charge in [-0.25, -0.2) is 0 Å². The quantitative estimate of drug-likeness (QED) is 0.283. The highest BCUT2D eigenvalue weighted by atomic mass is 16.1. The van der Waals surface area contributed by atoms with E-state index < -0.39 is 0 Å². The van der Waals surface area contributed by atoms with Crippen molar-refractivity contribution in [1.82, 2.24) is 15.0 Å². The predicted octanol–water partition coefficient (Wildman–Crippen LogP) is 5.95. The van der Waals surface area contributed by atoms with Crippen LogP contribution in [-0.4, -0.2) is 15.0 Å². The molecular weight excluding hydrogens is 358 g/mol. The zero-order chi connectivity index (χ0) is 19.1. The van der Waals surface area contributed by atoms with Crippen LogP contribution in [0.4, 0.5) is 0 Å². The smallest absolute Gasteiger partial charge is 0.256 e. The van der Waals surface area contributed by atoms with E-state index in [-0.39, 0.29) is 5.56 Å². The Hall–Kier alpha value is -4.05. The predicted molar refractivity (Wildman–Crippen MR) is 121 cm³/mol. The summed E-state index contributed by atoms with van der Waals surface area (Å²) in [6, 6.07) is 24.8. The summed E-state index contributed by atoms with van der Waals surface area (Å²) in [5.74, 6) is 0. The number of hydrogen-bond donors (Lipinski definition) is 3. The van der Waals surface area contributed by atoms with Crippen molar-refractivity contribution in [1.29, 1.82) is 0 Å². The molecule has 0 unspecified atom stereocenters. The summed E-state index contributed by atoms with van der Waals surface area (Å²) < 4.78 is 0. The lowest BCUT2D eigenvalue weighted by molar-refractivity contribution is 1.35. The Kier molecular flexibility index (Phi) is 2.60. The van der Waals surface area contributed by atoms with E-state index >= 15 is 0 Å². The zero-order valence-corrected chi connectivity index (χ0v) is 15.3. The first-order chi connectivity index (χ1) is 14.3. The standard InChI is InChI=1S/C25H15N3O/c29-25-15-9-10-20-24(14-6-2-4-8-19(14)26-20)23(15)17-11-16-13-5-1-3-7-18(13)27-21(16)12-22(17)28-25/h1-12,26-27H,(H,28,29). The van der Waals surface area contributed by atoms with Crippen LogP contribution in [0.1, 0.15) is 0 Å². The molecule has 3 aromatic heterocycles. The Labute approximate surface area is 163 Å². The van der Waals surface area contributed by atoms with Gasteiger partial charge in [-0.15, -0.1) is 0 Å². The molecule has 0 aliphatic carbocycles. The van der Waals surface area contributed by atoms with Crippen molar-refractivity contribution in [2.75, 3.05) is 0 Å². The van der Waals surface area contributed by atoms with E-state index in [1.54, 1.807) is 0 Å². The average Bonchev–Trinajstić information content (AvgIpc) is 3.30. The maximum absolute atomic E-state index is 12.9. The van der Waals surface area contributed by atoms with Crippen molar-refractivity contribution in [2.24, 2.45) is 0 Å². The number of hydrogen-bond acceptors (Lipinski definition) is 1. The molecule has 0 aliphatic heterocycles. The number of benzene rings is 4. The van der Waals surface area contributed by atoms with Crippen LogP contribution in [0.15, 0.2) is 77.6 Å². The van der Waals surface area contributed by atoms with Gasteiger partial charge in [0.05, 0.1) is 5.52 Å². The average molecular weight is 373 g/mol. The van der Waals surface area contributed by atoms with Crippen LogP contribution in [-0.2, 0) is 0 Å². The highest BCUT2D eigenvalue weighted by Gasteiger charge is 2.15. The molecule has 0 saturated carbocycles. The molecule has 0 radical (unpaired) electrons. The minimum absolute atomic E-state index is 0.0601. The van der Waals surface area contributed by atoms with Crippen LogP contribution in [0, 0.1) is 0 Å². The maximum Gasteiger partial charge on any atom is 0.256 e. The number of nitrogens with one attached hydrogen (secondary N) is 3. The molecule has 7 rings (SSSR count).